The van der Waals surface area contributed by atoms with E-state index in [1.54, 1.807) is 12.4 Å². The molecule has 7 nitrogen and oxygen atoms in total. The first-order chi connectivity index (χ1) is 15.6. The topological polar surface area (TPSA) is 87.2 Å². The highest BCUT2D eigenvalue weighted by Crippen LogP contribution is 2.19. The van der Waals surface area contributed by atoms with Gasteiger partial charge in [0.25, 0.3) is 5.91 Å². The van der Waals surface area contributed by atoms with E-state index in [1.807, 2.05) is 66.4 Å². The molecule has 164 valence electrons. The van der Waals surface area contributed by atoms with E-state index in [4.69, 9.17) is 0 Å². The van der Waals surface area contributed by atoms with Gasteiger partial charge in [0, 0.05) is 43.3 Å². The Hall–Kier alpha value is -3.74. The van der Waals surface area contributed by atoms with Gasteiger partial charge in [0.2, 0.25) is 0 Å². The maximum Gasteiger partial charge on any atom is 0.319 e. The number of likely N-dealkylation sites (tertiary alicyclic amines) is 1. The lowest BCUT2D eigenvalue weighted by molar-refractivity contribution is 0.0674. The first-order valence-corrected chi connectivity index (χ1v) is 10.9. The lowest BCUT2D eigenvalue weighted by Gasteiger charge is -2.32. The number of rotatable bonds is 5. The number of aryl methyl sites for hydroxylation is 1. The third-order valence-corrected chi connectivity index (χ3v) is 5.60. The van der Waals surface area contributed by atoms with E-state index >= 15 is 0 Å². The van der Waals surface area contributed by atoms with Crippen LogP contribution in [0.5, 0.6) is 0 Å². The van der Waals surface area contributed by atoms with E-state index in [9.17, 15) is 9.59 Å². The van der Waals surface area contributed by atoms with E-state index < -0.39 is 0 Å². The van der Waals surface area contributed by atoms with Crippen molar-refractivity contribution in [1.29, 1.82) is 0 Å². The summed E-state index contributed by atoms with van der Waals surface area (Å²) >= 11 is 0. The fourth-order valence-corrected chi connectivity index (χ4v) is 3.82. The third kappa shape index (κ3) is 5.49. The number of nitrogens with zero attached hydrogens (tertiary/aromatic N) is 3. The Balaban J connectivity index is 1.29. The molecular weight excluding hydrogens is 402 g/mol. The van der Waals surface area contributed by atoms with Gasteiger partial charge in [0.05, 0.1) is 5.56 Å². The molecule has 1 aliphatic rings. The van der Waals surface area contributed by atoms with Crippen LogP contribution in [0.3, 0.4) is 0 Å². The molecule has 0 bridgehead atoms. The number of amides is 3. The van der Waals surface area contributed by atoms with Crippen molar-refractivity contribution in [3.63, 3.8) is 0 Å². The van der Waals surface area contributed by atoms with E-state index in [-0.39, 0.29) is 17.9 Å². The van der Waals surface area contributed by atoms with Gasteiger partial charge in [-0.05, 0) is 37.8 Å². The number of hydrogen-bond acceptors (Lipinski definition) is 4. The average molecular weight is 430 g/mol. The minimum atomic E-state index is -0.234. The van der Waals surface area contributed by atoms with Gasteiger partial charge in [-0.25, -0.2) is 14.8 Å². The van der Waals surface area contributed by atoms with E-state index in [0.717, 1.165) is 29.7 Å². The van der Waals surface area contributed by atoms with Crippen LogP contribution in [0.1, 0.15) is 28.8 Å². The van der Waals surface area contributed by atoms with Gasteiger partial charge in [-0.2, -0.15) is 0 Å². The smallest absolute Gasteiger partial charge is 0.319 e. The minimum absolute atomic E-state index is 0.0709. The van der Waals surface area contributed by atoms with Gasteiger partial charge in [0.15, 0.2) is 5.82 Å². The molecule has 3 aromatic rings. The zero-order chi connectivity index (χ0) is 22.3. The summed E-state index contributed by atoms with van der Waals surface area (Å²) in [7, 11) is 0. The normalized spacial score (nSPS) is 15.8. The lowest BCUT2D eigenvalue weighted by Crippen LogP contribution is -2.44. The molecule has 0 radical (unpaired) electrons. The number of nitrogens with one attached hydrogen (secondary N) is 2. The summed E-state index contributed by atoms with van der Waals surface area (Å²) in [6, 6.07) is 17.1. The number of aromatic nitrogens is 2. The van der Waals surface area contributed by atoms with Gasteiger partial charge in [-0.1, -0.05) is 48.0 Å². The molecule has 32 heavy (non-hydrogen) atoms. The van der Waals surface area contributed by atoms with Crippen LogP contribution in [0.4, 0.5) is 10.5 Å². The first-order valence-electron chi connectivity index (χ1n) is 10.9. The molecule has 3 amide bonds. The molecule has 0 saturated carbocycles. The zero-order valence-corrected chi connectivity index (χ0v) is 18.1. The molecule has 7 heteroatoms. The second-order valence-corrected chi connectivity index (χ2v) is 8.12. The van der Waals surface area contributed by atoms with E-state index in [2.05, 4.69) is 20.6 Å². The van der Waals surface area contributed by atoms with Crippen molar-refractivity contribution in [3.05, 3.63) is 78.1 Å². The summed E-state index contributed by atoms with van der Waals surface area (Å²) in [5.74, 6) is 0.738. The highest BCUT2D eigenvalue weighted by Gasteiger charge is 2.25. The maximum absolute atomic E-state index is 12.9. The first kappa shape index (κ1) is 21.5. The summed E-state index contributed by atoms with van der Waals surface area (Å²) in [5.41, 5.74) is 3.30. The summed E-state index contributed by atoms with van der Waals surface area (Å²) in [4.78, 5) is 35.7. The minimum Gasteiger partial charge on any atom is -0.338 e. The van der Waals surface area contributed by atoms with E-state index in [1.165, 1.54) is 0 Å². The van der Waals surface area contributed by atoms with Crippen molar-refractivity contribution >= 4 is 17.6 Å². The van der Waals surface area contributed by atoms with Gasteiger partial charge in [0.1, 0.15) is 0 Å². The largest absolute Gasteiger partial charge is 0.338 e. The van der Waals surface area contributed by atoms with Gasteiger partial charge in [-0.15, -0.1) is 0 Å². The van der Waals surface area contributed by atoms with Crippen LogP contribution >= 0.6 is 0 Å². The van der Waals surface area contributed by atoms with Crippen LogP contribution in [-0.2, 0) is 0 Å². The number of urea groups is 1. The van der Waals surface area contributed by atoms with Crippen LogP contribution in [0, 0.1) is 12.8 Å². The van der Waals surface area contributed by atoms with Gasteiger partial charge >= 0.3 is 6.03 Å². The standard InChI is InChI=1S/C25H27N5O2/c1-18-9-11-22(12-10-18)29-25(32)28-14-19-6-5-13-30(17-19)24(31)21-15-26-23(27-16-21)20-7-3-2-4-8-20/h2-4,7-12,15-16,19H,5-6,13-14,17H2,1H3,(H2,28,29,32). The van der Waals surface area contributed by atoms with Crippen LogP contribution in [0.2, 0.25) is 0 Å². The molecule has 1 aliphatic heterocycles. The van der Waals surface area contributed by atoms with Crippen molar-refractivity contribution in [2.75, 3.05) is 25.0 Å². The molecule has 2 aromatic carbocycles. The van der Waals surface area contributed by atoms with Crippen LogP contribution in [0.15, 0.2) is 67.0 Å². The quantitative estimate of drug-likeness (QED) is 0.639. The molecule has 4 rings (SSSR count). The Labute approximate surface area is 187 Å². The highest BCUT2D eigenvalue weighted by molar-refractivity contribution is 5.94. The summed E-state index contributed by atoms with van der Waals surface area (Å²) in [5, 5.41) is 5.77. The predicted molar refractivity (Wildman–Crippen MR) is 124 cm³/mol. The fourth-order valence-electron chi connectivity index (χ4n) is 3.82. The summed E-state index contributed by atoms with van der Waals surface area (Å²) in [6.07, 6.45) is 5.06. The second kappa shape index (κ2) is 10.0. The van der Waals surface area contributed by atoms with Crippen molar-refractivity contribution < 1.29 is 9.59 Å². The number of carbonyl (C=O) groups is 2. The van der Waals surface area contributed by atoms with Gasteiger partial charge < -0.3 is 15.5 Å². The van der Waals surface area contributed by atoms with Crippen molar-refractivity contribution in [3.8, 4) is 11.4 Å². The van der Waals surface area contributed by atoms with Gasteiger partial charge in [-0.3, -0.25) is 4.79 Å². The van der Waals surface area contributed by atoms with E-state index in [0.29, 0.717) is 31.0 Å². The predicted octanol–water partition coefficient (Wildman–Crippen LogP) is 4.13. The highest BCUT2D eigenvalue weighted by atomic mass is 16.2. The Morgan fingerprint density at radius 1 is 1.03 bits per heavy atom. The van der Waals surface area contributed by atoms with Crippen molar-refractivity contribution in [1.82, 2.24) is 20.2 Å². The van der Waals surface area contributed by atoms with Crippen molar-refractivity contribution in [2.45, 2.75) is 19.8 Å². The number of benzene rings is 2. The molecule has 1 unspecified atom stereocenters. The fraction of sp³-hybridized carbons (Fsp3) is 0.280. The summed E-state index contributed by atoms with van der Waals surface area (Å²) in [6.45, 7) is 3.82. The molecule has 1 atom stereocenters. The molecule has 1 aromatic heterocycles. The van der Waals surface area contributed by atoms with Crippen LogP contribution in [0.25, 0.3) is 11.4 Å². The number of piperidine rings is 1. The molecule has 2 N–H and O–H groups in total. The maximum atomic E-state index is 12.9. The SMILES string of the molecule is Cc1ccc(NC(=O)NCC2CCCN(C(=O)c3cnc(-c4ccccc4)nc3)C2)cc1. The third-order valence-electron chi connectivity index (χ3n) is 5.60. The second-order valence-electron chi connectivity index (χ2n) is 8.12. The molecular formula is C25H27N5O2. The Kier molecular flexibility index (Phi) is 6.75. The molecule has 0 spiro atoms. The molecule has 0 aliphatic carbocycles. The summed E-state index contributed by atoms with van der Waals surface area (Å²) < 4.78 is 0. The molecule has 2 heterocycles. The van der Waals surface area contributed by atoms with Crippen LogP contribution in [-0.4, -0.2) is 46.4 Å². The number of hydrogen-bond donors (Lipinski definition) is 2. The molecule has 1 fully saturated rings. The number of carbonyl (C=O) groups excluding carboxylic acids is 2. The number of anilines is 1. The Bertz CT molecular complexity index is 1050. The Morgan fingerprint density at radius 3 is 2.47 bits per heavy atom. The van der Waals surface area contributed by atoms with Crippen LogP contribution < -0.4 is 10.6 Å². The Morgan fingerprint density at radius 2 is 1.75 bits per heavy atom. The zero-order valence-electron chi connectivity index (χ0n) is 18.1. The average Bonchev–Trinajstić information content (AvgIpc) is 2.84. The lowest BCUT2D eigenvalue weighted by atomic mass is 9.97. The molecule has 1 saturated heterocycles. The monoisotopic (exact) mass is 429 g/mol. The van der Waals surface area contributed by atoms with Crippen molar-refractivity contribution in [2.24, 2.45) is 5.92 Å².